The summed E-state index contributed by atoms with van der Waals surface area (Å²) in [6, 6.07) is 0.707. The molecule has 1 heterocycles. The van der Waals surface area contributed by atoms with E-state index >= 15 is 0 Å². The quantitative estimate of drug-likeness (QED) is 0.464. The fourth-order valence-electron chi connectivity index (χ4n) is 3.49. The van der Waals surface area contributed by atoms with Crippen molar-refractivity contribution >= 4 is 11.9 Å². The summed E-state index contributed by atoms with van der Waals surface area (Å²) in [6.07, 6.45) is 6.88. The summed E-state index contributed by atoms with van der Waals surface area (Å²) in [4.78, 5) is 21.4. The molecule has 2 fully saturated rings. The highest BCUT2D eigenvalue weighted by molar-refractivity contribution is 5.81. The second-order valence-electron chi connectivity index (χ2n) is 8.20. The van der Waals surface area contributed by atoms with Crippen LogP contribution >= 0.6 is 0 Å². The summed E-state index contributed by atoms with van der Waals surface area (Å²) in [5.41, 5.74) is 0. The van der Waals surface area contributed by atoms with E-state index in [-0.39, 0.29) is 23.8 Å². The molecule has 8 heteroatoms. The lowest BCUT2D eigenvalue weighted by atomic mass is 9.85. The van der Waals surface area contributed by atoms with Gasteiger partial charge in [-0.05, 0) is 39.0 Å². The first-order valence-electron chi connectivity index (χ1n) is 10.7. The van der Waals surface area contributed by atoms with Gasteiger partial charge in [0.05, 0.1) is 6.54 Å². The van der Waals surface area contributed by atoms with Crippen LogP contribution in [0, 0.1) is 5.92 Å². The molecule has 2 aliphatic carbocycles. The Labute approximate surface area is 167 Å². The van der Waals surface area contributed by atoms with Crippen molar-refractivity contribution in [1.82, 2.24) is 26.1 Å². The molecule has 1 aromatic heterocycles. The van der Waals surface area contributed by atoms with E-state index in [9.17, 15) is 4.79 Å². The molecule has 0 bridgehead atoms. The van der Waals surface area contributed by atoms with Crippen LogP contribution in [0.5, 0.6) is 0 Å². The van der Waals surface area contributed by atoms with Crippen LogP contribution in [0.25, 0.3) is 0 Å². The van der Waals surface area contributed by atoms with E-state index in [1.165, 1.54) is 0 Å². The molecule has 2 atom stereocenters. The Balaban J connectivity index is 1.49. The number of nitrogens with zero attached hydrogens (tertiary/aromatic N) is 3. The third-order valence-electron chi connectivity index (χ3n) is 5.25. The van der Waals surface area contributed by atoms with Gasteiger partial charge in [-0.25, -0.2) is 0 Å². The zero-order valence-corrected chi connectivity index (χ0v) is 17.3. The molecule has 2 saturated carbocycles. The van der Waals surface area contributed by atoms with Crippen molar-refractivity contribution in [2.24, 2.45) is 10.9 Å². The first-order valence-corrected chi connectivity index (χ1v) is 10.7. The molecule has 3 rings (SSSR count). The van der Waals surface area contributed by atoms with Crippen LogP contribution in [0.4, 0.5) is 0 Å². The molecule has 1 amide bonds. The zero-order valence-electron chi connectivity index (χ0n) is 17.3. The molecular weight excluding hydrogens is 356 g/mol. The van der Waals surface area contributed by atoms with Gasteiger partial charge in [-0.1, -0.05) is 25.4 Å². The maximum atomic E-state index is 12.4. The monoisotopic (exact) mass is 390 g/mol. The summed E-state index contributed by atoms with van der Waals surface area (Å²) in [7, 11) is 0. The molecule has 2 aliphatic rings. The highest BCUT2D eigenvalue weighted by atomic mass is 16.5. The standard InChI is InChI=1S/C20H34N6O2/c1-4-21-20(22-11-10-17-25-18(13(2)3)26-28-17)24-16-7-5-6-14(12-16)19(27)23-15-8-9-15/h13-16H,4-12H2,1-3H3,(H,23,27)(H2,21,22,24). The summed E-state index contributed by atoms with van der Waals surface area (Å²) in [5.74, 6) is 2.76. The van der Waals surface area contributed by atoms with E-state index < -0.39 is 0 Å². The second-order valence-corrected chi connectivity index (χ2v) is 8.20. The molecule has 156 valence electrons. The molecule has 1 aromatic rings. The van der Waals surface area contributed by atoms with Crippen LogP contribution in [0.15, 0.2) is 9.52 Å². The number of amides is 1. The summed E-state index contributed by atoms with van der Waals surface area (Å²) >= 11 is 0. The van der Waals surface area contributed by atoms with E-state index in [1.807, 2.05) is 13.8 Å². The van der Waals surface area contributed by atoms with Crippen molar-refractivity contribution in [3.63, 3.8) is 0 Å². The van der Waals surface area contributed by atoms with Crippen LogP contribution in [-0.2, 0) is 11.2 Å². The zero-order chi connectivity index (χ0) is 19.9. The number of hydrogen-bond donors (Lipinski definition) is 3. The van der Waals surface area contributed by atoms with Crippen LogP contribution < -0.4 is 16.0 Å². The lowest BCUT2D eigenvalue weighted by Gasteiger charge is -2.30. The number of guanidine groups is 1. The van der Waals surface area contributed by atoms with Crippen molar-refractivity contribution in [2.45, 2.75) is 83.7 Å². The number of rotatable bonds is 8. The second kappa shape index (κ2) is 9.89. The third-order valence-corrected chi connectivity index (χ3v) is 5.25. The molecule has 2 unspecified atom stereocenters. The Kier molecular flexibility index (Phi) is 7.28. The minimum Gasteiger partial charge on any atom is -0.357 e. The van der Waals surface area contributed by atoms with Gasteiger partial charge in [0.2, 0.25) is 11.8 Å². The van der Waals surface area contributed by atoms with Gasteiger partial charge in [0.15, 0.2) is 11.8 Å². The maximum Gasteiger partial charge on any atom is 0.228 e. The fourth-order valence-corrected chi connectivity index (χ4v) is 3.49. The largest absolute Gasteiger partial charge is 0.357 e. The molecule has 0 aliphatic heterocycles. The van der Waals surface area contributed by atoms with Gasteiger partial charge >= 0.3 is 0 Å². The number of aromatic nitrogens is 2. The van der Waals surface area contributed by atoms with Gasteiger partial charge in [0.1, 0.15) is 0 Å². The fraction of sp³-hybridized carbons (Fsp3) is 0.800. The summed E-state index contributed by atoms with van der Waals surface area (Å²) < 4.78 is 5.28. The van der Waals surface area contributed by atoms with Crippen molar-refractivity contribution in [3.8, 4) is 0 Å². The molecule has 28 heavy (non-hydrogen) atoms. The average Bonchev–Trinajstić information content (AvgIpc) is 3.35. The first kappa shape index (κ1) is 20.6. The number of aliphatic imine (C=N–C) groups is 1. The van der Waals surface area contributed by atoms with Crippen LogP contribution in [-0.4, -0.2) is 47.2 Å². The lowest BCUT2D eigenvalue weighted by Crippen LogP contribution is -2.47. The van der Waals surface area contributed by atoms with Crippen LogP contribution in [0.1, 0.15) is 76.9 Å². The van der Waals surface area contributed by atoms with Crippen molar-refractivity contribution < 1.29 is 9.32 Å². The molecule has 0 saturated heterocycles. The lowest BCUT2D eigenvalue weighted by molar-refractivity contribution is -0.126. The molecule has 0 spiro atoms. The average molecular weight is 391 g/mol. The Bertz CT molecular complexity index is 667. The van der Waals surface area contributed by atoms with E-state index in [0.717, 1.165) is 56.9 Å². The van der Waals surface area contributed by atoms with Gasteiger partial charge in [-0.15, -0.1) is 0 Å². The Hall–Kier alpha value is -2.12. The number of hydrogen-bond acceptors (Lipinski definition) is 5. The van der Waals surface area contributed by atoms with Gasteiger partial charge < -0.3 is 20.5 Å². The van der Waals surface area contributed by atoms with Crippen molar-refractivity contribution in [2.75, 3.05) is 13.1 Å². The number of carbonyl (C=O) groups is 1. The predicted octanol–water partition coefficient (Wildman–Crippen LogP) is 2.13. The van der Waals surface area contributed by atoms with Crippen LogP contribution in [0.3, 0.4) is 0 Å². The number of carbonyl (C=O) groups excluding carboxylic acids is 1. The normalized spacial score (nSPS) is 22.9. The molecule has 0 aromatic carbocycles. The van der Waals surface area contributed by atoms with Gasteiger partial charge in [-0.2, -0.15) is 4.98 Å². The molecular formula is C20H34N6O2. The first-order chi connectivity index (χ1) is 13.5. The van der Waals surface area contributed by atoms with Gasteiger partial charge in [0.25, 0.3) is 0 Å². The summed E-state index contributed by atoms with van der Waals surface area (Å²) in [6.45, 7) is 7.51. The van der Waals surface area contributed by atoms with E-state index in [1.54, 1.807) is 0 Å². The third kappa shape index (κ3) is 6.21. The minimum atomic E-state index is 0.113. The SMILES string of the molecule is CCNC(=NCCc1nc(C(C)C)no1)NC1CCCC(C(=O)NC2CC2)C1. The Morgan fingerprint density at radius 2 is 2.04 bits per heavy atom. The highest BCUT2D eigenvalue weighted by Gasteiger charge is 2.31. The predicted molar refractivity (Wildman–Crippen MR) is 108 cm³/mol. The van der Waals surface area contributed by atoms with E-state index in [2.05, 4.69) is 38.0 Å². The van der Waals surface area contributed by atoms with Gasteiger partial charge in [-0.3, -0.25) is 9.79 Å². The van der Waals surface area contributed by atoms with Crippen molar-refractivity contribution in [1.29, 1.82) is 0 Å². The number of nitrogens with one attached hydrogen (secondary N) is 3. The van der Waals surface area contributed by atoms with Gasteiger partial charge in [0, 0.05) is 36.9 Å². The topological polar surface area (TPSA) is 104 Å². The van der Waals surface area contributed by atoms with Crippen molar-refractivity contribution in [3.05, 3.63) is 11.7 Å². The molecule has 0 radical (unpaired) electrons. The van der Waals surface area contributed by atoms with Crippen LogP contribution in [0.2, 0.25) is 0 Å². The summed E-state index contributed by atoms with van der Waals surface area (Å²) in [5, 5.41) is 13.9. The molecule has 3 N–H and O–H groups in total. The maximum absolute atomic E-state index is 12.4. The highest BCUT2D eigenvalue weighted by Crippen LogP contribution is 2.26. The van der Waals surface area contributed by atoms with E-state index in [4.69, 9.17) is 4.52 Å². The minimum absolute atomic E-state index is 0.113. The Morgan fingerprint density at radius 1 is 1.21 bits per heavy atom. The molecule has 8 nitrogen and oxygen atoms in total. The van der Waals surface area contributed by atoms with E-state index in [0.29, 0.717) is 24.9 Å². The Morgan fingerprint density at radius 3 is 2.71 bits per heavy atom. The smallest absolute Gasteiger partial charge is 0.228 e.